The lowest BCUT2D eigenvalue weighted by atomic mass is 10.1. The zero-order valence-electron chi connectivity index (χ0n) is 14.4. The van der Waals surface area contributed by atoms with Crippen LogP contribution in [0.5, 0.6) is 0 Å². The summed E-state index contributed by atoms with van der Waals surface area (Å²) in [5.74, 6) is -0.0709. The molecule has 1 N–H and O–H groups in total. The van der Waals surface area contributed by atoms with E-state index in [1.54, 1.807) is 0 Å². The van der Waals surface area contributed by atoms with Gasteiger partial charge in [0.05, 0.1) is 16.8 Å². The second-order valence-electron chi connectivity index (χ2n) is 6.11. The van der Waals surface area contributed by atoms with E-state index < -0.39 is 0 Å². The van der Waals surface area contributed by atoms with Crippen molar-refractivity contribution < 1.29 is 4.79 Å². The minimum absolute atomic E-state index is 0.0709. The van der Waals surface area contributed by atoms with Crippen LogP contribution in [0.3, 0.4) is 0 Å². The quantitative estimate of drug-likeness (QED) is 0.738. The van der Waals surface area contributed by atoms with Crippen LogP contribution >= 0.6 is 27.5 Å². The fourth-order valence-corrected chi connectivity index (χ4v) is 3.31. The third-order valence-electron chi connectivity index (χ3n) is 4.10. The molecule has 0 radical (unpaired) electrons. The molecule has 2 rings (SSSR count). The molecule has 0 saturated heterocycles. The molecule has 0 spiro atoms. The molecule has 1 amide bonds. The molecule has 2 aromatic rings. The van der Waals surface area contributed by atoms with Crippen molar-refractivity contribution in [3.05, 3.63) is 62.6 Å². The average molecular weight is 410 g/mol. The molecule has 0 bridgehead atoms. The van der Waals surface area contributed by atoms with Gasteiger partial charge in [0.2, 0.25) is 5.91 Å². The van der Waals surface area contributed by atoms with Crippen molar-refractivity contribution in [1.82, 2.24) is 4.90 Å². The Labute approximate surface area is 157 Å². The number of rotatable bonds is 5. The summed E-state index contributed by atoms with van der Waals surface area (Å²) in [5, 5.41) is 3.53. The van der Waals surface area contributed by atoms with E-state index in [0.717, 1.165) is 21.2 Å². The predicted octanol–water partition coefficient (Wildman–Crippen LogP) is 5.18. The Morgan fingerprint density at radius 1 is 1.29 bits per heavy atom. The average Bonchev–Trinajstić information content (AvgIpc) is 2.52. The number of amides is 1. The molecule has 2 aromatic carbocycles. The van der Waals surface area contributed by atoms with Gasteiger partial charge in [-0.15, -0.1) is 0 Å². The number of carbonyl (C=O) groups excluding carboxylic acids is 1. The Morgan fingerprint density at radius 2 is 1.96 bits per heavy atom. The number of anilines is 1. The fourth-order valence-electron chi connectivity index (χ4n) is 2.53. The molecule has 0 saturated carbocycles. The van der Waals surface area contributed by atoms with E-state index in [0.29, 0.717) is 17.3 Å². The van der Waals surface area contributed by atoms with Crippen LogP contribution in [0.25, 0.3) is 0 Å². The second-order valence-corrected chi connectivity index (χ2v) is 7.37. The van der Waals surface area contributed by atoms with Crippen LogP contribution in [-0.4, -0.2) is 23.9 Å². The van der Waals surface area contributed by atoms with Crippen molar-refractivity contribution in [2.75, 3.05) is 12.4 Å². The number of hydrogen-bond acceptors (Lipinski definition) is 2. The van der Waals surface area contributed by atoms with Gasteiger partial charge in [0.15, 0.2) is 0 Å². The predicted molar refractivity (Wildman–Crippen MR) is 105 cm³/mol. The van der Waals surface area contributed by atoms with Gasteiger partial charge in [-0.25, -0.2) is 0 Å². The highest BCUT2D eigenvalue weighted by Gasteiger charge is 2.20. The van der Waals surface area contributed by atoms with E-state index >= 15 is 0 Å². The maximum Gasteiger partial charge on any atom is 0.241 e. The van der Waals surface area contributed by atoms with E-state index in [4.69, 9.17) is 11.6 Å². The highest BCUT2D eigenvalue weighted by molar-refractivity contribution is 9.10. The van der Waals surface area contributed by atoms with Crippen molar-refractivity contribution in [2.24, 2.45) is 0 Å². The Kier molecular flexibility index (Phi) is 6.44. The summed E-state index contributed by atoms with van der Waals surface area (Å²) in [6.07, 6.45) is 0. The number of nitrogens with zero attached hydrogens (tertiary/aromatic N) is 1. The van der Waals surface area contributed by atoms with Crippen molar-refractivity contribution in [1.29, 1.82) is 0 Å². The molecule has 0 aromatic heterocycles. The summed E-state index contributed by atoms with van der Waals surface area (Å²) in [5.41, 5.74) is 3.88. The molecular formula is C19H22BrClN2O. The molecule has 0 fully saturated rings. The molecule has 1 unspecified atom stereocenters. The summed E-state index contributed by atoms with van der Waals surface area (Å²) in [6.45, 7) is 6.50. The highest BCUT2D eigenvalue weighted by Crippen LogP contribution is 2.27. The maximum absolute atomic E-state index is 12.6. The zero-order chi connectivity index (χ0) is 17.9. The van der Waals surface area contributed by atoms with Gasteiger partial charge in [-0.2, -0.15) is 0 Å². The Morgan fingerprint density at radius 3 is 2.58 bits per heavy atom. The first-order valence-electron chi connectivity index (χ1n) is 7.81. The van der Waals surface area contributed by atoms with E-state index in [2.05, 4.69) is 21.2 Å². The molecule has 1 atom stereocenters. The SMILES string of the molecule is Cc1cc(C)c(NC(=O)C(C)N(C)Cc2ccccc2Br)c(Cl)c1. The number of carbonyl (C=O) groups is 1. The number of nitrogens with one attached hydrogen (secondary N) is 1. The lowest BCUT2D eigenvalue weighted by Crippen LogP contribution is -2.39. The lowest BCUT2D eigenvalue weighted by Gasteiger charge is -2.25. The smallest absolute Gasteiger partial charge is 0.241 e. The van der Waals surface area contributed by atoms with Gasteiger partial charge in [0.1, 0.15) is 0 Å². The van der Waals surface area contributed by atoms with Crippen molar-refractivity contribution in [3.8, 4) is 0 Å². The van der Waals surface area contributed by atoms with Crippen molar-refractivity contribution >= 4 is 39.1 Å². The van der Waals surface area contributed by atoms with E-state index in [-0.39, 0.29) is 11.9 Å². The highest BCUT2D eigenvalue weighted by atomic mass is 79.9. The molecule has 3 nitrogen and oxygen atoms in total. The van der Waals surface area contributed by atoms with Crippen LogP contribution in [-0.2, 0) is 11.3 Å². The first kappa shape index (κ1) is 19.0. The van der Waals surface area contributed by atoms with Crippen LogP contribution in [0.2, 0.25) is 5.02 Å². The van der Waals surface area contributed by atoms with Gasteiger partial charge in [-0.1, -0.05) is 51.8 Å². The maximum atomic E-state index is 12.6. The van der Waals surface area contributed by atoms with Gasteiger partial charge >= 0.3 is 0 Å². The Bertz CT molecular complexity index is 725. The topological polar surface area (TPSA) is 32.3 Å². The summed E-state index contributed by atoms with van der Waals surface area (Å²) in [4.78, 5) is 14.6. The van der Waals surface area contributed by atoms with Crippen LogP contribution in [0.1, 0.15) is 23.6 Å². The molecule has 0 aliphatic rings. The minimum atomic E-state index is -0.283. The third-order valence-corrected chi connectivity index (χ3v) is 5.17. The molecule has 24 heavy (non-hydrogen) atoms. The molecular weight excluding hydrogens is 388 g/mol. The standard InChI is InChI=1S/C19H22BrClN2O/c1-12-9-13(2)18(17(21)10-12)22-19(24)14(3)23(4)11-15-7-5-6-8-16(15)20/h5-10,14H,11H2,1-4H3,(H,22,24). The van der Waals surface area contributed by atoms with Gasteiger partial charge in [0.25, 0.3) is 0 Å². The van der Waals surface area contributed by atoms with Gasteiger partial charge in [0, 0.05) is 11.0 Å². The van der Waals surface area contributed by atoms with Crippen molar-refractivity contribution in [3.63, 3.8) is 0 Å². The normalized spacial score (nSPS) is 12.3. The fraction of sp³-hybridized carbons (Fsp3) is 0.316. The monoisotopic (exact) mass is 408 g/mol. The summed E-state index contributed by atoms with van der Waals surface area (Å²) in [6, 6.07) is 11.6. The molecule has 0 aliphatic carbocycles. The third kappa shape index (κ3) is 4.59. The van der Waals surface area contributed by atoms with E-state index in [1.165, 1.54) is 0 Å². The van der Waals surface area contributed by atoms with Crippen molar-refractivity contribution in [2.45, 2.75) is 33.4 Å². The van der Waals surface area contributed by atoms with Gasteiger partial charge < -0.3 is 5.32 Å². The Balaban J connectivity index is 2.08. The molecule has 0 heterocycles. The van der Waals surface area contributed by atoms with Gasteiger partial charge in [-0.05, 0) is 56.6 Å². The van der Waals surface area contributed by atoms with Crippen LogP contribution in [0.4, 0.5) is 5.69 Å². The number of hydrogen-bond donors (Lipinski definition) is 1. The summed E-state index contributed by atoms with van der Waals surface area (Å²) in [7, 11) is 1.94. The number of aryl methyl sites for hydroxylation is 2. The lowest BCUT2D eigenvalue weighted by molar-refractivity contribution is -0.120. The van der Waals surface area contributed by atoms with Gasteiger partial charge in [-0.3, -0.25) is 9.69 Å². The number of halogens is 2. The first-order valence-corrected chi connectivity index (χ1v) is 8.98. The number of benzene rings is 2. The largest absolute Gasteiger partial charge is 0.323 e. The zero-order valence-corrected chi connectivity index (χ0v) is 16.7. The minimum Gasteiger partial charge on any atom is -0.323 e. The molecule has 0 aliphatic heterocycles. The van der Waals surface area contributed by atoms with E-state index in [1.807, 2.05) is 69.1 Å². The van der Waals surface area contributed by atoms with E-state index in [9.17, 15) is 4.79 Å². The van der Waals surface area contributed by atoms with Crippen LogP contribution in [0.15, 0.2) is 40.9 Å². The summed E-state index contributed by atoms with van der Waals surface area (Å²) >= 11 is 9.83. The molecule has 128 valence electrons. The number of likely N-dealkylation sites (N-methyl/N-ethyl adjacent to an activating group) is 1. The Hall–Kier alpha value is -1.36. The van der Waals surface area contributed by atoms with Crippen LogP contribution < -0.4 is 5.32 Å². The molecule has 5 heteroatoms. The summed E-state index contributed by atoms with van der Waals surface area (Å²) < 4.78 is 1.04. The van der Waals surface area contributed by atoms with Crippen LogP contribution in [0, 0.1) is 13.8 Å². The second kappa shape index (κ2) is 8.15. The first-order chi connectivity index (χ1) is 11.3.